The number of ether oxygens (including phenoxy) is 1. The summed E-state index contributed by atoms with van der Waals surface area (Å²) < 4.78 is 31.6. The van der Waals surface area contributed by atoms with Gasteiger partial charge in [-0.1, -0.05) is 12.1 Å². The van der Waals surface area contributed by atoms with Crippen molar-refractivity contribution in [3.05, 3.63) is 65.7 Å². The van der Waals surface area contributed by atoms with Crippen LogP contribution in [0.1, 0.15) is 18.4 Å². The number of anilines is 1. The number of carbonyl (C=O) groups is 1. The van der Waals surface area contributed by atoms with E-state index in [1.165, 1.54) is 29.8 Å². The highest BCUT2D eigenvalue weighted by molar-refractivity contribution is 5.89. The Bertz CT molecular complexity index is 802. The Morgan fingerprint density at radius 1 is 0.929 bits per heavy atom. The summed E-state index contributed by atoms with van der Waals surface area (Å²) >= 11 is 0. The molecular formula is C22H24F2N2O2. The van der Waals surface area contributed by atoms with Crippen molar-refractivity contribution in [1.29, 1.82) is 0 Å². The third-order valence-electron chi connectivity index (χ3n) is 5.62. The molecule has 0 bridgehead atoms. The first-order valence-corrected chi connectivity index (χ1v) is 9.77. The first kappa shape index (κ1) is 18.9. The fourth-order valence-electron chi connectivity index (χ4n) is 4.06. The zero-order chi connectivity index (χ0) is 19.5. The zero-order valence-corrected chi connectivity index (χ0v) is 15.7. The summed E-state index contributed by atoms with van der Waals surface area (Å²) in [5, 5.41) is 0. The van der Waals surface area contributed by atoms with Gasteiger partial charge in [-0.05, 0) is 80.2 Å². The minimum Gasteiger partial charge on any atom is -0.443 e. The van der Waals surface area contributed by atoms with Gasteiger partial charge in [0.1, 0.15) is 17.7 Å². The van der Waals surface area contributed by atoms with Crippen LogP contribution in [0.3, 0.4) is 0 Å². The van der Waals surface area contributed by atoms with Gasteiger partial charge >= 0.3 is 6.09 Å². The van der Waals surface area contributed by atoms with E-state index in [9.17, 15) is 13.6 Å². The molecular weight excluding hydrogens is 362 g/mol. The second-order valence-corrected chi connectivity index (χ2v) is 7.67. The van der Waals surface area contributed by atoms with Crippen LogP contribution >= 0.6 is 0 Å². The Morgan fingerprint density at radius 2 is 1.54 bits per heavy atom. The molecule has 0 spiro atoms. The molecule has 0 N–H and O–H groups in total. The van der Waals surface area contributed by atoms with E-state index < -0.39 is 0 Å². The third-order valence-corrected chi connectivity index (χ3v) is 5.62. The van der Waals surface area contributed by atoms with E-state index in [-0.39, 0.29) is 23.8 Å². The SMILES string of the molecule is O=C1OC(CN2CCC(Cc3ccc(F)cc3)CC2)CN1c1ccc(F)cc1. The van der Waals surface area contributed by atoms with E-state index in [1.807, 2.05) is 12.1 Å². The Balaban J connectivity index is 1.25. The van der Waals surface area contributed by atoms with Gasteiger partial charge in [0.2, 0.25) is 0 Å². The lowest BCUT2D eigenvalue weighted by Crippen LogP contribution is -2.40. The van der Waals surface area contributed by atoms with Crippen LogP contribution in [-0.2, 0) is 11.2 Å². The van der Waals surface area contributed by atoms with E-state index in [2.05, 4.69) is 4.90 Å². The van der Waals surface area contributed by atoms with E-state index in [1.54, 1.807) is 17.0 Å². The maximum absolute atomic E-state index is 13.1. The van der Waals surface area contributed by atoms with Crippen molar-refractivity contribution >= 4 is 11.8 Å². The average molecular weight is 386 g/mol. The van der Waals surface area contributed by atoms with Gasteiger partial charge in [0, 0.05) is 12.2 Å². The van der Waals surface area contributed by atoms with Gasteiger partial charge in [-0.3, -0.25) is 9.80 Å². The van der Waals surface area contributed by atoms with Crippen molar-refractivity contribution in [2.24, 2.45) is 5.92 Å². The quantitative estimate of drug-likeness (QED) is 0.770. The molecule has 2 aliphatic rings. The Morgan fingerprint density at radius 3 is 2.18 bits per heavy atom. The minimum atomic E-state index is -0.372. The summed E-state index contributed by atoms with van der Waals surface area (Å²) in [5.41, 5.74) is 1.84. The molecule has 1 atom stereocenters. The van der Waals surface area contributed by atoms with E-state index in [4.69, 9.17) is 4.74 Å². The topological polar surface area (TPSA) is 32.8 Å². The lowest BCUT2D eigenvalue weighted by atomic mass is 9.90. The monoisotopic (exact) mass is 386 g/mol. The summed E-state index contributed by atoms with van der Waals surface area (Å²) in [4.78, 5) is 16.1. The van der Waals surface area contributed by atoms with E-state index >= 15 is 0 Å². The number of piperidine rings is 1. The maximum Gasteiger partial charge on any atom is 0.414 e. The van der Waals surface area contributed by atoms with Crippen molar-refractivity contribution in [3.63, 3.8) is 0 Å². The first-order chi connectivity index (χ1) is 13.6. The van der Waals surface area contributed by atoms with Crippen molar-refractivity contribution in [3.8, 4) is 0 Å². The lowest BCUT2D eigenvalue weighted by molar-refractivity contribution is 0.0914. The van der Waals surface area contributed by atoms with Gasteiger partial charge in [0.05, 0.1) is 6.54 Å². The molecule has 4 rings (SSSR count). The van der Waals surface area contributed by atoms with Crippen LogP contribution in [0.25, 0.3) is 0 Å². The molecule has 0 radical (unpaired) electrons. The molecule has 2 saturated heterocycles. The highest BCUT2D eigenvalue weighted by Crippen LogP contribution is 2.25. The number of halogens is 2. The van der Waals surface area contributed by atoms with Crippen LogP contribution in [0.5, 0.6) is 0 Å². The number of hydrogen-bond acceptors (Lipinski definition) is 3. The zero-order valence-electron chi connectivity index (χ0n) is 15.7. The molecule has 2 aromatic rings. The molecule has 6 heteroatoms. The largest absolute Gasteiger partial charge is 0.443 e. The maximum atomic E-state index is 13.1. The summed E-state index contributed by atoms with van der Waals surface area (Å²) in [6.07, 6.45) is 2.60. The van der Waals surface area contributed by atoms with Crippen LogP contribution in [0.4, 0.5) is 19.3 Å². The van der Waals surface area contributed by atoms with Crippen molar-refractivity contribution in [1.82, 2.24) is 4.90 Å². The first-order valence-electron chi connectivity index (χ1n) is 9.77. The number of amides is 1. The van der Waals surface area contributed by atoms with Gasteiger partial charge in [-0.2, -0.15) is 0 Å². The van der Waals surface area contributed by atoms with Gasteiger partial charge in [-0.15, -0.1) is 0 Å². The summed E-state index contributed by atoms with van der Waals surface area (Å²) in [5.74, 6) is 0.0827. The number of hydrogen-bond donors (Lipinski definition) is 0. The Labute approximate surface area is 163 Å². The predicted octanol–water partition coefficient (Wildman–Crippen LogP) is 4.24. The van der Waals surface area contributed by atoms with Crippen LogP contribution in [0.15, 0.2) is 48.5 Å². The third kappa shape index (κ3) is 4.50. The molecule has 1 amide bonds. The second-order valence-electron chi connectivity index (χ2n) is 7.67. The molecule has 2 aliphatic heterocycles. The van der Waals surface area contributed by atoms with Gasteiger partial charge in [0.25, 0.3) is 0 Å². The number of rotatable bonds is 5. The van der Waals surface area contributed by atoms with Gasteiger partial charge in [0.15, 0.2) is 0 Å². The standard InChI is InChI=1S/C22H24F2N2O2/c23-18-3-1-16(2-4-18)13-17-9-11-25(12-10-17)14-21-15-26(22(27)28-21)20-7-5-19(24)6-8-20/h1-8,17,21H,9-15H2. The molecule has 4 nitrogen and oxygen atoms in total. The highest BCUT2D eigenvalue weighted by Gasteiger charge is 2.34. The summed E-state index contributed by atoms with van der Waals surface area (Å²) in [7, 11) is 0. The van der Waals surface area contributed by atoms with Crippen molar-refractivity contribution < 1.29 is 18.3 Å². The Hall–Kier alpha value is -2.47. The number of nitrogens with zero attached hydrogens (tertiary/aromatic N) is 2. The molecule has 2 fully saturated rings. The Kier molecular flexibility index (Phi) is 5.57. The fourth-order valence-corrected chi connectivity index (χ4v) is 4.06. The van der Waals surface area contributed by atoms with Crippen LogP contribution in [0.2, 0.25) is 0 Å². The molecule has 0 aliphatic carbocycles. The fraction of sp³-hybridized carbons (Fsp3) is 0.409. The van der Waals surface area contributed by atoms with E-state index in [0.717, 1.165) is 32.4 Å². The molecule has 0 aromatic heterocycles. The molecule has 28 heavy (non-hydrogen) atoms. The molecule has 2 heterocycles. The van der Waals surface area contributed by atoms with Crippen molar-refractivity contribution in [2.45, 2.75) is 25.4 Å². The second kappa shape index (κ2) is 8.27. The normalized spacial score (nSPS) is 21.1. The van der Waals surface area contributed by atoms with Crippen LogP contribution in [-0.4, -0.2) is 43.3 Å². The molecule has 148 valence electrons. The summed E-state index contributed by atoms with van der Waals surface area (Å²) in [6, 6.07) is 12.7. The number of benzene rings is 2. The highest BCUT2D eigenvalue weighted by atomic mass is 19.1. The number of carbonyl (C=O) groups excluding carboxylic acids is 1. The van der Waals surface area contributed by atoms with Gasteiger partial charge < -0.3 is 4.74 Å². The van der Waals surface area contributed by atoms with Crippen LogP contribution < -0.4 is 4.90 Å². The predicted molar refractivity (Wildman–Crippen MR) is 103 cm³/mol. The van der Waals surface area contributed by atoms with Gasteiger partial charge in [-0.25, -0.2) is 13.6 Å². The van der Waals surface area contributed by atoms with Crippen LogP contribution in [0, 0.1) is 17.6 Å². The summed E-state index contributed by atoms with van der Waals surface area (Å²) in [6.45, 7) is 3.14. The lowest BCUT2D eigenvalue weighted by Gasteiger charge is -2.33. The molecule has 2 aromatic carbocycles. The van der Waals surface area contributed by atoms with E-state index in [0.29, 0.717) is 24.7 Å². The average Bonchev–Trinajstić information content (AvgIpc) is 3.06. The number of likely N-dealkylation sites (tertiary alicyclic amines) is 1. The smallest absolute Gasteiger partial charge is 0.414 e. The molecule has 0 saturated carbocycles. The number of cyclic esters (lactones) is 1. The van der Waals surface area contributed by atoms with Crippen molar-refractivity contribution in [2.75, 3.05) is 31.1 Å². The minimum absolute atomic E-state index is 0.175. The molecule has 1 unspecified atom stereocenters.